The summed E-state index contributed by atoms with van der Waals surface area (Å²) in [6.45, 7) is 5.69. The molecule has 0 aliphatic rings. The van der Waals surface area contributed by atoms with E-state index in [4.69, 9.17) is 0 Å². The van der Waals surface area contributed by atoms with Gasteiger partial charge < -0.3 is 10.2 Å². The normalized spacial score (nSPS) is 15.0. The lowest BCUT2D eigenvalue weighted by molar-refractivity contribution is -0.0778. The molecule has 1 unspecified atom stereocenters. The molecule has 0 aliphatic carbocycles. The molecule has 0 rings (SSSR count). The second kappa shape index (κ2) is 4.73. The maximum atomic E-state index is 9.84. The minimum atomic E-state index is -0.844. The third-order valence-corrected chi connectivity index (χ3v) is 2.14. The molecule has 2 nitrogen and oxygen atoms in total. The Morgan fingerprint density at radius 2 is 1.55 bits per heavy atom. The molecule has 0 bridgehead atoms. The molecule has 1 atom stereocenters. The van der Waals surface area contributed by atoms with Crippen LogP contribution >= 0.6 is 0 Å². The smallest absolute Gasteiger partial charge is 0.0902 e. The highest BCUT2D eigenvalue weighted by Crippen LogP contribution is 2.23. The van der Waals surface area contributed by atoms with Gasteiger partial charge in [-0.05, 0) is 19.8 Å². The van der Waals surface area contributed by atoms with Crippen molar-refractivity contribution in [1.29, 1.82) is 0 Å². The fourth-order valence-electron chi connectivity index (χ4n) is 1.41. The summed E-state index contributed by atoms with van der Waals surface area (Å²) in [5.41, 5.74) is -0.844. The molecule has 0 saturated carbocycles. The van der Waals surface area contributed by atoms with E-state index >= 15 is 0 Å². The van der Waals surface area contributed by atoms with Crippen molar-refractivity contribution >= 4 is 0 Å². The maximum Gasteiger partial charge on any atom is 0.0902 e. The van der Waals surface area contributed by atoms with Crippen molar-refractivity contribution in [3.05, 3.63) is 0 Å². The van der Waals surface area contributed by atoms with Crippen LogP contribution in [0.4, 0.5) is 0 Å². The molecule has 0 aromatic heterocycles. The minimum Gasteiger partial charge on any atom is -0.390 e. The third kappa shape index (κ3) is 3.21. The van der Waals surface area contributed by atoms with E-state index in [-0.39, 0.29) is 0 Å². The summed E-state index contributed by atoms with van der Waals surface area (Å²) < 4.78 is 0. The summed E-state index contributed by atoms with van der Waals surface area (Å²) in [5.74, 6) is 0. The van der Waals surface area contributed by atoms with E-state index in [1.807, 2.05) is 13.8 Å². The average molecular weight is 160 g/mol. The predicted molar refractivity (Wildman–Crippen MR) is 46.4 cm³/mol. The van der Waals surface area contributed by atoms with E-state index in [0.29, 0.717) is 12.8 Å². The molecule has 0 amide bonds. The van der Waals surface area contributed by atoms with Gasteiger partial charge in [0.15, 0.2) is 0 Å². The van der Waals surface area contributed by atoms with E-state index in [0.717, 1.165) is 12.8 Å². The van der Waals surface area contributed by atoms with E-state index in [2.05, 4.69) is 0 Å². The number of aliphatic hydroxyl groups is 2. The Kier molecular flexibility index (Phi) is 4.69. The highest BCUT2D eigenvalue weighted by atomic mass is 16.3. The van der Waals surface area contributed by atoms with Crippen LogP contribution in [0, 0.1) is 0 Å². The lowest BCUT2D eigenvalue weighted by Gasteiger charge is -2.30. The van der Waals surface area contributed by atoms with E-state index in [9.17, 15) is 10.2 Å². The Labute approximate surface area is 69.2 Å². The first-order chi connectivity index (χ1) is 5.06. The monoisotopic (exact) mass is 160 g/mol. The predicted octanol–water partition coefficient (Wildman–Crippen LogP) is 1.70. The van der Waals surface area contributed by atoms with Crippen LogP contribution in [-0.4, -0.2) is 21.9 Å². The van der Waals surface area contributed by atoms with Gasteiger partial charge in [-0.25, -0.2) is 0 Å². The van der Waals surface area contributed by atoms with Crippen molar-refractivity contribution in [3.63, 3.8) is 0 Å². The average Bonchev–Trinajstić information content (AvgIpc) is 1.88. The van der Waals surface area contributed by atoms with Gasteiger partial charge in [0.05, 0.1) is 11.7 Å². The standard InChI is InChI=1S/C9H20O2/c1-4-6-9(11,7-5-2)8(3)10/h8,10-11H,4-7H2,1-3H3. The van der Waals surface area contributed by atoms with Gasteiger partial charge in [-0.1, -0.05) is 26.7 Å². The molecule has 0 aromatic rings. The largest absolute Gasteiger partial charge is 0.390 e. The molecular weight excluding hydrogens is 140 g/mol. The zero-order valence-electron chi connectivity index (χ0n) is 7.80. The number of aliphatic hydroxyl groups excluding tert-OH is 1. The summed E-state index contributed by atoms with van der Waals surface area (Å²) in [5, 5.41) is 19.1. The van der Waals surface area contributed by atoms with Crippen molar-refractivity contribution < 1.29 is 10.2 Å². The molecule has 68 valence electrons. The topological polar surface area (TPSA) is 40.5 Å². The number of rotatable bonds is 5. The first-order valence-corrected chi connectivity index (χ1v) is 4.47. The first-order valence-electron chi connectivity index (χ1n) is 4.47. The highest BCUT2D eigenvalue weighted by molar-refractivity contribution is 4.82. The molecule has 0 fully saturated rings. The zero-order valence-corrected chi connectivity index (χ0v) is 7.80. The van der Waals surface area contributed by atoms with Crippen LogP contribution in [0.2, 0.25) is 0 Å². The Balaban J connectivity index is 4.01. The summed E-state index contributed by atoms with van der Waals surface area (Å²) >= 11 is 0. The molecule has 2 N–H and O–H groups in total. The lowest BCUT2D eigenvalue weighted by Crippen LogP contribution is -2.40. The van der Waals surface area contributed by atoms with Crippen molar-refractivity contribution in [2.45, 2.75) is 58.2 Å². The molecular formula is C9H20O2. The molecule has 0 saturated heterocycles. The second-order valence-electron chi connectivity index (χ2n) is 3.28. The van der Waals surface area contributed by atoms with E-state index in [1.54, 1.807) is 6.92 Å². The zero-order chi connectivity index (χ0) is 8.91. The van der Waals surface area contributed by atoms with Crippen LogP contribution in [0.25, 0.3) is 0 Å². The van der Waals surface area contributed by atoms with Gasteiger partial charge in [0.2, 0.25) is 0 Å². The lowest BCUT2D eigenvalue weighted by atomic mass is 9.88. The fraction of sp³-hybridized carbons (Fsp3) is 1.00. The molecule has 11 heavy (non-hydrogen) atoms. The van der Waals surface area contributed by atoms with Crippen molar-refractivity contribution in [1.82, 2.24) is 0 Å². The molecule has 2 heteroatoms. The molecule has 0 heterocycles. The van der Waals surface area contributed by atoms with Crippen LogP contribution in [0.15, 0.2) is 0 Å². The van der Waals surface area contributed by atoms with Gasteiger partial charge in [-0.3, -0.25) is 0 Å². The van der Waals surface area contributed by atoms with Gasteiger partial charge in [-0.2, -0.15) is 0 Å². The Bertz CT molecular complexity index is 93.7. The summed E-state index contributed by atoms with van der Waals surface area (Å²) in [4.78, 5) is 0. The number of hydrogen-bond donors (Lipinski definition) is 2. The third-order valence-electron chi connectivity index (χ3n) is 2.14. The van der Waals surface area contributed by atoms with Crippen LogP contribution in [0.5, 0.6) is 0 Å². The van der Waals surface area contributed by atoms with E-state index < -0.39 is 11.7 Å². The number of hydrogen-bond acceptors (Lipinski definition) is 2. The molecule has 0 aliphatic heterocycles. The maximum absolute atomic E-state index is 9.84. The van der Waals surface area contributed by atoms with Gasteiger partial charge in [0.25, 0.3) is 0 Å². The van der Waals surface area contributed by atoms with Crippen molar-refractivity contribution in [2.75, 3.05) is 0 Å². The van der Waals surface area contributed by atoms with Gasteiger partial charge in [-0.15, -0.1) is 0 Å². The quantitative estimate of drug-likeness (QED) is 0.642. The SMILES string of the molecule is CCCC(O)(CCC)C(C)O. The Morgan fingerprint density at radius 1 is 1.18 bits per heavy atom. The molecule has 0 radical (unpaired) electrons. The van der Waals surface area contributed by atoms with Gasteiger partial charge in [0.1, 0.15) is 0 Å². The van der Waals surface area contributed by atoms with Crippen molar-refractivity contribution in [3.8, 4) is 0 Å². The first kappa shape index (κ1) is 10.9. The van der Waals surface area contributed by atoms with Crippen molar-refractivity contribution in [2.24, 2.45) is 0 Å². The summed E-state index contributed by atoms with van der Waals surface area (Å²) in [6, 6.07) is 0. The molecule has 0 aromatic carbocycles. The molecule has 0 spiro atoms. The van der Waals surface area contributed by atoms with Crippen LogP contribution in [-0.2, 0) is 0 Å². The fourth-order valence-corrected chi connectivity index (χ4v) is 1.41. The summed E-state index contributed by atoms with van der Waals surface area (Å²) in [7, 11) is 0. The van der Waals surface area contributed by atoms with Crippen LogP contribution < -0.4 is 0 Å². The Hall–Kier alpha value is -0.0800. The summed E-state index contributed by atoms with van der Waals surface area (Å²) in [6.07, 6.45) is 2.61. The van der Waals surface area contributed by atoms with Gasteiger partial charge >= 0.3 is 0 Å². The second-order valence-corrected chi connectivity index (χ2v) is 3.28. The van der Waals surface area contributed by atoms with Crippen LogP contribution in [0.1, 0.15) is 46.5 Å². The van der Waals surface area contributed by atoms with Gasteiger partial charge in [0, 0.05) is 0 Å². The minimum absolute atomic E-state index is 0.609. The van der Waals surface area contributed by atoms with E-state index in [1.165, 1.54) is 0 Å². The highest BCUT2D eigenvalue weighted by Gasteiger charge is 2.30. The van der Waals surface area contributed by atoms with Crippen LogP contribution in [0.3, 0.4) is 0 Å². The Morgan fingerprint density at radius 3 is 1.73 bits per heavy atom.